The van der Waals surface area contributed by atoms with Gasteiger partial charge in [-0.2, -0.15) is 0 Å². The lowest BCUT2D eigenvalue weighted by atomic mass is 10.4. The van der Waals surface area contributed by atoms with Gasteiger partial charge in [0.2, 0.25) is 0 Å². The maximum absolute atomic E-state index is 5.19. The molecule has 78 valence electrons. The minimum Gasteiger partial charge on any atom is -0.338 e. The van der Waals surface area contributed by atoms with Gasteiger partial charge in [-0.3, -0.25) is 0 Å². The number of imidazole rings is 1. The Hall–Kier alpha value is -1.23. The molecule has 0 amide bonds. The summed E-state index contributed by atoms with van der Waals surface area (Å²) < 4.78 is 2.64. The van der Waals surface area contributed by atoms with Crippen LogP contribution in [-0.2, 0) is 6.54 Å². The molecule has 0 aliphatic heterocycles. The monoisotopic (exact) mass is 220 g/mol. The number of H-pyrrole nitrogens is 1. The third-order valence-electron chi connectivity index (χ3n) is 2.81. The molecule has 4 nitrogen and oxygen atoms in total. The van der Waals surface area contributed by atoms with Crippen molar-refractivity contribution in [2.24, 2.45) is 0 Å². The molecule has 0 bridgehead atoms. The van der Waals surface area contributed by atoms with E-state index in [1.54, 1.807) is 6.33 Å². The fourth-order valence-corrected chi connectivity index (χ4v) is 1.95. The zero-order valence-electron chi connectivity index (χ0n) is 8.53. The van der Waals surface area contributed by atoms with E-state index >= 15 is 0 Å². The molecule has 1 aliphatic carbocycles. The van der Waals surface area contributed by atoms with Gasteiger partial charge in [0.1, 0.15) is 11.3 Å². The third-order valence-corrected chi connectivity index (χ3v) is 3.12. The number of nitrogens with zero attached hydrogens (tertiary/aromatic N) is 3. The van der Waals surface area contributed by atoms with Crippen LogP contribution in [0.4, 0.5) is 0 Å². The van der Waals surface area contributed by atoms with E-state index in [0.29, 0.717) is 10.6 Å². The number of hydrogen-bond donors (Lipinski definition) is 1. The molecule has 0 aromatic carbocycles. The van der Waals surface area contributed by atoms with Crippen molar-refractivity contribution in [3.63, 3.8) is 0 Å². The smallest absolute Gasteiger partial charge is 0.162 e. The van der Waals surface area contributed by atoms with E-state index < -0.39 is 0 Å². The van der Waals surface area contributed by atoms with E-state index in [9.17, 15) is 0 Å². The predicted octanol–water partition coefficient (Wildman–Crippen LogP) is 2.39. The van der Waals surface area contributed by atoms with Crippen LogP contribution in [0.15, 0.2) is 6.33 Å². The van der Waals surface area contributed by atoms with Crippen LogP contribution in [0, 0.1) is 4.64 Å². The lowest BCUT2D eigenvalue weighted by Gasteiger charge is -2.00. The summed E-state index contributed by atoms with van der Waals surface area (Å²) in [5.74, 6) is 1.70. The highest BCUT2D eigenvalue weighted by atomic mass is 32.1. The van der Waals surface area contributed by atoms with E-state index in [-0.39, 0.29) is 0 Å². The van der Waals surface area contributed by atoms with Gasteiger partial charge in [0, 0.05) is 12.5 Å². The zero-order chi connectivity index (χ0) is 10.4. The van der Waals surface area contributed by atoms with Crippen molar-refractivity contribution in [1.29, 1.82) is 0 Å². The molecule has 1 fully saturated rings. The van der Waals surface area contributed by atoms with Crippen LogP contribution in [-0.4, -0.2) is 19.5 Å². The van der Waals surface area contributed by atoms with Crippen LogP contribution >= 0.6 is 12.2 Å². The third kappa shape index (κ3) is 1.38. The predicted molar refractivity (Wildman–Crippen MR) is 60.4 cm³/mol. The first kappa shape index (κ1) is 9.03. The van der Waals surface area contributed by atoms with Crippen molar-refractivity contribution in [1.82, 2.24) is 19.5 Å². The molecular formula is C10H12N4S. The molecule has 0 saturated heterocycles. The second kappa shape index (κ2) is 3.13. The molecule has 1 saturated carbocycles. The SMILES string of the molecule is CCn1cnc(=S)c2[nH]c(C3CC3)nc21. The fraction of sp³-hybridized carbons (Fsp3) is 0.500. The van der Waals surface area contributed by atoms with Gasteiger partial charge < -0.3 is 9.55 Å². The molecule has 15 heavy (non-hydrogen) atoms. The summed E-state index contributed by atoms with van der Waals surface area (Å²) >= 11 is 5.19. The number of aromatic amines is 1. The van der Waals surface area contributed by atoms with Gasteiger partial charge in [-0.1, -0.05) is 12.2 Å². The average Bonchev–Trinajstić information content (AvgIpc) is 2.99. The summed E-state index contributed by atoms with van der Waals surface area (Å²) in [6, 6.07) is 0. The first-order valence-corrected chi connectivity index (χ1v) is 5.65. The van der Waals surface area contributed by atoms with Gasteiger partial charge in [-0.25, -0.2) is 9.97 Å². The Morgan fingerprint density at radius 3 is 3.07 bits per heavy atom. The highest BCUT2D eigenvalue weighted by molar-refractivity contribution is 7.71. The molecule has 3 rings (SSSR count). The second-order valence-electron chi connectivity index (χ2n) is 3.93. The molecule has 0 radical (unpaired) electrons. The van der Waals surface area contributed by atoms with Gasteiger partial charge in [-0.15, -0.1) is 0 Å². The minimum absolute atomic E-state index is 0.620. The summed E-state index contributed by atoms with van der Waals surface area (Å²) in [5.41, 5.74) is 1.86. The number of hydrogen-bond acceptors (Lipinski definition) is 3. The molecule has 0 atom stereocenters. The standard InChI is InChI=1S/C10H12N4S/c1-2-14-5-11-10(15)7-9(14)13-8(12-7)6-3-4-6/h5-6H,2-4H2,1H3,(H,12,13). The Labute approximate surface area is 92.4 Å². The van der Waals surface area contributed by atoms with Crippen molar-refractivity contribution >= 4 is 23.4 Å². The Bertz CT molecular complexity index is 564. The van der Waals surface area contributed by atoms with Crippen LogP contribution < -0.4 is 0 Å². The van der Waals surface area contributed by atoms with Crippen molar-refractivity contribution in [2.45, 2.75) is 32.2 Å². The number of fused-ring (bicyclic) bond motifs is 1. The summed E-state index contributed by atoms with van der Waals surface area (Å²) in [6.07, 6.45) is 4.25. The topological polar surface area (TPSA) is 46.5 Å². The van der Waals surface area contributed by atoms with Crippen molar-refractivity contribution in [3.8, 4) is 0 Å². The van der Waals surface area contributed by atoms with Crippen LogP contribution in [0.1, 0.15) is 31.5 Å². The van der Waals surface area contributed by atoms with Gasteiger partial charge in [0.05, 0.1) is 6.33 Å². The second-order valence-corrected chi connectivity index (χ2v) is 4.32. The molecule has 1 aliphatic rings. The first-order valence-electron chi connectivity index (χ1n) is 5.24. The summed E-state index contributed by atoms with van der Waals surface area (Å²) in [6.45, 7) is 2.95. The molecule has 2 heterocycles. The van der Waals surface area contributed by atoms with Crippen LogP contribution in [0.25, 0.3) is 11.2 Å². The van der Waals surface area contributed by atoms with Crippen LogP contribution in [0.5, 0.6) is 0 Å². The maximum Gasteiger partial charge on any atom is 0.162 e. The van der Waals surface area contributed by atoms with Gasteiger partial charge in [-0.05, 0) is 19.8 Å². The number of rotatable bonds is 2. The largest absolute Gasteiger partial charge is 0.338 e. The Balaban J connectivity index is 2.30. The van der Waals surface area contributed by atoms with E-state index in [1.807, 2.05) is 4.57 Å². The number of aryl methyl sites for hydroxylation is 1. The highest BCUT2D eigenvalue weighted by Crippen LogP contribution is 2.38. The molecule has 5 heteroatoms. The van der Waals surface area contributed by atoms with Gasteiger partial charge in [0.15, 0.2) is 10.3 Å². The highest BCUT2D eigenvalue weighted by Gasteiger charge is 2.27. The lowest BCUT2D eigenvalue weighted by molar-refractivity contribution is 0.757. The summed E-state index contributed by atoms with van der Waals surface area (Å²) in [5, 5.41) is 0. The van der Waals surface area contributed by atoms with Crippen LogP contribution in [0.2, 0.25) is 0 Å². The Kier molecular flexibility index (Phi) is 1.88. The van der Waals surface area contributed by atoms with E-state index in [4.69, 9.17) is 12.2 Å². The molecule has 0 spiro atoms. The Morgan fingerprint density at radius 1 is 1.60 bits per heavy atom. The average molecular weight is 220 g/mol. The normalized spacial score (nSPS) is 16.1. The minimum atomic E-state index is 0.620. The van der Waals surface area contributed by atoms with Gasteiger partial charge in [0.25, 0.3) is 0 Å². The van der Waals surface area contributed by atoms with Gasteiger partial charge >= 0.3 is 0 Å². The fourth-order valence-electron chi connectivity index (χ4n) is 1.76. The quantitative estimate of drug-likeness (QED) is 0.790. The van der Waals surface area contributed by atoms with Crippen molar-refractivity contribution in [2.75, 3.05) is 0 Å². The lowest BCUT2D eigenvalue weighted by Crippen LogP contribution is -1.99. The molecule has 1 N–H and O–H groups in total. The van der Waals surface area contributed by atoms with Crippen LogP contribution in [0.3, 0.4) is 0 Å². The molecule has 0 unspecified atom stereocenters. The number of nitrogens with one attached hydrogen (secondary N) is 1. The Morgan fingerprint density at radius 2 is 2.40 bits per heavy atom. The molecular weight excluding hydrogens is 208 g/mol. The summed E-state index contributed by atoms with van der Waals surface area (Å²) in [4.78, 5) is 12.1. The maximum atomic E-state index is 5.19. The van der Waals surface area contributed by atoms with Crippen molar-refractivity contribution < 1.29 is 0 Å². The number of aromatic nitrogens is 4. The zero-order valence-corrected chi connectivity index (χ0v) is 9.34. The first-order chi connectivity index (χ1) is 7.29. The van der Waals surface area contributed by atoms with E-state index in [1.165, 1.54) is 12.8 Å². The van der Waals surface area contributed by atoms with Crippen molar-refractivity contribution in [3.05, 3.63) is 16.8 Å². The van der Waals surface area contributed by atoms with E-state index in [0.717, 1.165) is 23.5 Å². The summed E-state index contributed by atoms with van der Waals surface area (Å²) in [7, 11) is 0. The molecule has 2 aromatic heterocycles. The molecule has 2 aromatic rings. The van der Waals surface area contributed by atoms with E-state index in [2.05, 4.69) is 21.9 Å².